The number of amides is 1. The summed E-state index contributed by atoms with van der Waals surface area (Å²) in [4.78, 5) is 12.3. The van der Waals surface area contributed by atoms with Crippen LogP contribution in [0.3, 0.4) is 0 Å². The molecule has 0 saturated heterocycles. The van der Waals surface area contributed by atoms with Crippen LogP contribution in [0.2, 0.25) is 0 Å². The van der Waals surface area contributed by atoms with Gasteiger partial charge in [-0.2, -0.15) is 5.10 Å². The van der Waals surface area contributed by atoms with E-state index in [0.29, 0.717) is 16.8 Å². The molecule has 0 heterocycles. The van der Waals surface area contributed by atoms with Crippen LogP contribution in [0.5, 0.6) is 0 Å². The number of hydrogen-bond donors (Lipinski definition) is 2. The van der Waals surface area contributed by atoms with Crippen molar-refractivity contribution in [2.75, 3.05) is 0 Å². The number of benzene rings is 2. The molecule has 2 aromatic carbocycles. The van der Waals surface area contributed by atoms with E-state index in [9.17, 15) is 4.79 Å². The second-order valence-corrected chi connectivity index (χ2v) is 7.34. The molecule has 130 valence electrons. The van der Waals surface area contributed by atoms with Gasteiger partial charge >= 0.3 is 0 Å². The lowest BCUT2D eigenvalue weighted by Crippen LogP contribution is -2.21. The van der Waals surface area contributed by atoms with E-state index in [1.807, 2.05) is 30.3 Å². The summed E-state index contributed by atoms with van der Waals surface area (Å²) < 4.78 is 0.775. The van der Waals surface area contributed by atoms with E-state index in [1.54, 1.807) is 18.2 Å². The normalized spacial score (nSPS) is 12.4. The Morgan fingerprint density at radius 3 is 2.32 bits per heavy atom. The van der Waals surface area contributed by atoms with E-state index < -0.39 is 0 Å². The van der Waals surface area contributed by atoms with Gasteiger partial charge in [0.1, 0.15) is 5.71 Å². The van der Waals surface area contributed by atoms with Gasteiger partial charge in [-0.15, -0.1) is 0 Å². The molecule has 0 bridgehead atoms. The molecule has 0 aliphatic carbocycles. The van der Waals surface area contributed by atoms with Gasteiger partial charge in [0.2, 0.25) is 0 Å². The minimum absolute atomic E-state index is 0.0253. The summed E-state index contributed by atoms with van der Waals surface area (Å²) in [6, 6.07) is 14.7. The number of carbonyl (C=O) groups excluding carboxylic acids is 1. The van der Waals surface area contributed by atoms with Crippen LogP contribution < -0.4 is 5.43 Å². The zero-order valence-electron chi connectivity index (χ0n) is 14.3. The second kappa shape index (κ2) is 8.07. The summed E-state index contributed by atoms with van der Waals surface area (Å²) in [5.74, 6) is -0.337. The molecule has 2 N–H and O–H groups in total. The number of halogens is 1. The van der Waals surface area contributed by atoms with Gasteiger partial charge < -0.3 is 5.21 Å². The molecule has 6 heteroatoms. The summed E-state index contributed by atoms with van der Waals surface area (Å²) in [6.45, 7) is 6.35. The van der Waals surface area contributed by atoms with Gasteiger partial charge in [-0.1, -0.05) is 72.2 Å². The molecule has 1 amide bonds. The maximum Gasteiger partial charge on any atom is 0.271 e. The van der Waals surface area contributed by atoms with Gasteiger partial charge in [0, 0.05) is 15.6 Å². The van der Waals surface area contributed by atoms with Gasteiger partial charge in [0.25, 0.3) is 5.91 Å². The number of nitrogens with zero attached hydrogens (tertiary/aromatic N) is 2. The third kappa shape index (κ3) is 5.00. The predicted octanol–water partition coefficient (Wildman–Crippen LogP) is 4.34. The minimum atomic E-state index is -0.337. The topological polar surface area (TPSA) is 74.0 Å². The van der Waals surface area contributed by atoms with Crippen LogP contribution in [0.25, 0.3) is 0 Å². The van der Waals surface area contributed by atoms with E-state index in [1.165, 1.54) is 6.21 Å². The molecule has 0 fully saturated rings. The molecule has 2 aromatic rings. The van der Waals surface area contributed by atoms with Crippen molar-refractivity contribution in [1.29, 1.82) is 0 Å². The number of hydrazone groups is 1. The fraction of sp³-hybridized carbons (Fsp3) is 0.211. The zero-order chi connectivity index (χ0) is 18.4. The van der Waals surface area contributed by atoms with Crippen molar-refractivity contribution in [3.8, 4) is 0 Å². The van der Waals surface area contributed by atoms with Crippen molar-refractivity contribution >= 4 is 33.8 Å². The van der Waals surface area contributed by atoms with E-state index >= 15 is 0 Å². The fourth-order valence-electron chi connectivity index (χ4n) is 2.18. The maximum atomic E-state index is 12.3. The second-order valence-electron chi connectivity index (χ2n) is 6.49. The SMILES string of the molecule is CC(C)(C)c1ccc(C(=O)NN=C(C=NO)c2ccccc2Br)cc1. The Bertz CT molecular complexity index is 806. The number of carbonyl (C=O) groups is 1. The number of nitrogens with one attached hydrogen (secondary N) is 1. The highest BCUT2D eigenvalue weighted by Crippen LogP contribution is 2.22. The average molecular weight is 402 g/mol. The standard InChI is InChI=1S/C19H20BrN3O2/c1-19(2,3)14-10-8-13(9-11-14)18(24)23-22-17(12-21-25)15-6-4-5-7-16(15)20/h4-12,25H,1-3H3,(H,23,24). The first-order valence-corrected chi connectivity index (χ1v) is 8.53. The minimum Gasteiger partial charge on any atom is -0.411 e. The first-order valence-electron chi connectivity index (χ1n) is 7.74. The Kier molecular flexibility index (Phi) is 6.09. The molecule has 5 nitrogen and oxygen atoms in total. The van der Waals surface area contributed by atoms with Crippen molar-refractivity contribution in [2.24, 2.45) is 10.3 Å². The van der Waals surface area contributed by atoms with E-state index in [0.717, 1.165) is 10.0 Å². The van der Waals surface area contributed by atoms with E-state index in [-0.39, 0.29) is 11.3 Å². The van der Waals surface area contributed by atoms with Gasteiger partial charge in [0.15, 0.2) is 0 Å². The van der Waals surface area contributed by atoms with Gasteiger partial charge in [-0.25, -0.2) is 5.43 Å². The molecule has 0 saturated carbocycles. The van der Waals surface area contributed by atoms with Crippen molar-refractivity contribution in [3.63, 3.8) is 0 Å². The summed E-state index contributed by atoms with van der Waals surface area (Å²) in [5.41, 5.74) is 5.20. The molecule has 0 unspecified atom stereocenters. The van der Waals surface area contributed by atoms with Gasteiger partial charge in [0.05, 0.1) is 6.21 Å². The van der Waals surface area contributed by atoms with Crippen LogP contribution in [0.15, 0.2) is 63.3 Å². The summed E-state index contributed by atoms with van der Waals surface area (Å²) in [7, 11) is 0. The smallest absolute Gasteiger partial charge is 0.271 e. The molecular formula is C19H20BrN3O2. The number of rotatable bonds is 4. The van der Waals surface area contributed by atoms with Crippen LogP contribution >= 0.6 is 15.9 Å². The highest BCUT2D eigenvalue weighted by molar-refractivity contribution is 9.10. The quantitative estimate of drug-likeness (QED) is 0.454. The third-order valence-corrected chi connectivity index (χ3v) is 4.31. The van der Waals surface area contributed by atoms with Crippen molar-refractivity contribution in [3.05, 3.63) is 69.7 Å². The lowest BCUT2D eigenvalue weighted by Gasteiger charge is -2.18. The van der Waals surface area contributed by atoms with E-state index in [2.05, 4.69) is 52.4 Å². The molecule has 25 heavy (non-hydrogen) atoms. The first-order chi connectivity index (χ1) is 11.8. The zero-order valence-corrected chi connectivity index (χ0v) is 15.9. The molecule has 0 atom stereocenters. The number of hydrogen-bond acceptors (Lipinski definition) is 4. The molecule has 0 aromatic heterocycles. The Labute approximate surface area is 155 Å². The van der Waals surface area contributed by atoms with Crippen molar-refractivity contribution < 1.29 is 10.0 Å². The molecule has 0 aliphatic rings. The predicted molar refractivity (Wildman–Crippen MR) is 104 cm³/mol. The highest BCUT2D eigenvalue weighted by atomic mass is 79.9. The third-order valence-electron chi connectivity index (χ3n) is 3.62. The van der Waals surface area contributed by atoms with Crippen LogP contribution in [-0.2, 0) is 5.41 Å². The molecule has 0 spiro atoms. The largest absolute Gasteiger partial charge is 0.411 e. The van der Waals surface area contributed by atoms with Gasteiger partial charge in [-0.3, -0.25) is 4.79 Å². The van der Waals surface area contributed by atoms with Crippen LogP contribution in [-0.4, -0.2) is 23.0 Å². The summed E-state index contributed by atoms with van der Waals surface area (Å²) in [6.07, 6.45) is 1.17. The molecule has 0 radical (unpaired) electrons. The lowest BCUT2D eigenvalue weighted by molar-refractivity contribution is 0.0955. The highest BCUT2D eigenvalue weighted by Gasteiger charge is 2.14. The van der Waals surface area contributed by atoms with Crippen LogP contribution in [0, 0.1) is 0 Å². The van der Waals surface area contributed by atoms with Crippen LogP contribution in [0.1, 0.15) is 42.3 Å². The van der Waals surface area contributed by atoms with Gasteiger partial charge in [-0.05, 0) is 29.2 Å². The van der Waals surface area contributed by atoms with E-state index in [4.69, 9.17) is 5.21 Å². The Hall–Kier alpha value is -2.47. The first kappa shape index (κ1) is 18.9. The molecule has 2 rings (SSSR count). The Morgan fingerprint density at radius 2 is 1.76 bits per heavy atom. The Balaban J connectivity index is 2.20. The summed E-state index contributed by atoms with van der Waals surface area (Å²) in [5, 5.41) is 15.9. The summed E-state index contributed by atoms with van der Waals surface area (Å²) >= 11 is 3.41. The van der Waals surface area contributed by atoms with Crippen LogP contribution in [0.4, 0.5) is 0 Å². The lowest BCUT2D eigenvalue weighted by atomic mass is 9.87. The monoisotopic (exact) mass is 401 g/mol. The number of oxime groups is 1. The maximum absolute atomic E-state index is 12.3. The average Bonchev–Trinajstić information content (AvgIpc) is 2.58. The fourth-order valence-corrected chi connectivity index (χ4v) is 2.67. The van der Waals surface area contributed by atoms with Crippen molar-refractivity contribution in [2.45, 2.75) is 26.2 Å². The Morgan fingerprint density at radius 1 is 1.12 bits per heavy atom. The molecular weight excluding hydrogens is 382 g/mol. The molecule has 0 aliphatic heterocycles. The van der Waals surface area contributed by atoms with Crippen molar-refractivity contribution in [1.82, 2.24) is 5.43 Å².